The SMILES string of the molecule is CC1=[C-]CC=C1.Cl.Cl.[CH3-].[CH3-].[Si]=[Zr].c1ccc(-c2cc3c(-c4ccccn4)cc(-c4ccccn4)cc3[cH-]2)cc1. The van der Waals surface area contributed by atoms with Gasteiger partial charge in [-0.3, -0.25) is 16.0 Å². The van der Waals surface area contributed by atoms with E-state index >= 15 is 0 Å². The van der Waals surface area contributed by atoms with Gasteiger partial charge >= 0.3 is 30.2 Å². The van der Waals surface area contributed by atoms with E-state index in [-0.39, 0.29) is 39.7 Å². The third-order valence-electron chi connectivity index (χ3n) is 5.70. The fourth-order valence-electron chi connectivity index (χ4n) is 4.05. The van der Waals surface area contributed by atoms with Gasteiger partial charge in [-0.1, -0.05) is 61.0 Å². The predicted octanol–water partition coefficient (Wildman–Crippen LogP) is 9.41. The van der Waals surface area contributed by atoms with Gasteiger partial charge in [-0.05, 0) is 35.4 Å². The predicted molar refractivity (Wildman–Crippen MR) is 171 cm³/mol. The zero-order chi connectivity index (χ0) is 24.5. The molecule has 39 heavy (non-hydrogen) atoms. The number of allylic oxidation sites excluding steroid dienone is 4. The van der Waals surface area contributed by atoms with Crippen molar-refractivity contribution in [2.75, 3.05) is 0 Å². The first-order valence-corrected chi connectivity index (χ1v) is 15.6. The third kappa shape index (κ3) is 9.58. The number of hydrogen-bond donors (Lipinski definition) is 0. The van der Waals surface area contributed by atoms with Crippen LogP contribution >= 0.6 is 24.8 Å². The molecule has 0 N–H and O–H groups in total. The number of rotatable bonds is 3. The molecular formula is C33H32Cl2N2SiZr-4. The van der Waals surface area contributed by atoms with E-state index in [0.717, 1.165) is 28.9 Å². The maximum Gasteiger partial charge on any atom is 0.0627 e. The van der Waals surface area contributed by atoms with Gasteiger partial charge in [-0.25, -0.2) is 11.6 Å². The molecular weight excluding hydrogens is 615 g/mol. The molecule has 0 atom stereocenters. The van der Waals surface area contributed by atoms with Crippen molar-refractivity contribution in [1.29, 1.82) is 0 Å². The molecule has 6 rings (SSSR count). The van der Waals surface area contributed by atoms with Crippen LogP contribution in [0.2, 0.25) is 0 Å². The molecule has 2 nitrogen and oxygen atoms in total. The Bertz CT molecular complexity index is 1450. The van der Waals surface area contributed by atoms with Crippen LogP contribution in [0.5, 0.6) is 0 Å². The van der Waals surface area contributed by atoms with Gasteiger partial charge in [0.1, 0.15) is 0 Å². The van der Waals surface area contributed by atoms with Gasteiger partial charge in [0.2, 0.25) is 0 Å². The molecule has 3 aromatic carbocycles. The molecule has 2 aromatic heterocycles. The van der Waals surface area contributed by atoms with Crippen LogP contribution in [0.3, 0.4) is 0 Å². The minimum Gasteiger partial charge on any atom is -0.257 e. The number of fused-ring (bicyclic) bond motifs is 1. The van der Waals surface area contributed by atoms with E-state index in [1.54, 1.807) is 0 Å². The topological polar surface area (TPSA) is 25.8 Å². The zero-order valence-electron chi connectivity index (χ0n) is 22.4. The van der Waals surface area contributed by atoms with Crippen molar-refractivity contribution < 1.29 is 23.3 Å². The Morgan fingerprint density at radius 2 is 1.38 bits per heavy atom. The second kappa shape index (κ2) is 18.7. The van der Waals surface area contributed by atoms with Gasteiger partial charge in [0.25, 0.3) is 0 Å². The van der Waals surface area contributed by atoms with Crippen molar-refractivity contribution in [2.24, 2.45) is 0 Å². The standard InChI is InChI=1S/C25H17N2.C6H7.2CH3.2ClH.Si.Zr/c1-2-8-18(9-3-1)19-14-20-15-21(24-10-4-6-12-26-24)17-23(22(20)16-19)25-11-5-7-13-27-25;1-6-4-2-3-5-6;;;;;;/h1-17H;2,4H,3H2,1H3;2*1H3;2*1H;;/q4*-1;;;;. The van der Waals surface area contributed by atoms with Crippen LogP contribution in [-0.4, -0.2) is 16.8 Å². The van der Waals surface area contributed by atoms with E-state index in [9.17, 15) is 0 Å². The first-order valence-electron chi connectivity index (χ1n) is 11.4. The number of hydrogen-bond acceptors (Lipinski definition) is 2. The van der Waals surface area contributed by atoms with E-state index < -0.39 is 0 Å². The smallest absolute Gasteiger partial charge is 0.0627 e. The minimum atomic E-state index is 0. The summed E-state index contributed by atoms with van der Waals surface area (Å²) in [5.74, 6) is 0. The van der Waals surface area contributed by atoms with E-state index in [4.69, 9.17) is 0 Å². The van der Waals surface area contributed by atoms with Crippen molar-refractivity contribution in [1.82, 2.24) is 9.97 Å². The average molecular weight is 647 g/mol. The van der Waals surface area contributed by atoms with Crippen LogP contribution in [0.15, 0.2) is 121 Å². The first kappa shape index (κ1) is 36.5. The number of aromatic nitrogens is 2. The van der Waals surface area contributed by atoms with E-state index in [2.05, 4.69) is 96.6 Å². The Hall–Kier alpha value is -2.49. The summed E-state index contributed by atoms with van der Waals surface area (Å²) in [6.45, 7) is 5.12. The van der Waals surface area contributed by atoms with Crippen molar-refractivity contribution in [3.05, 3.63) is 142 Å². The monoisotopic (exact) mass is 644 g/mol. The second-order valence-electron chi connectivity index (χ2n) is 8.03. The summed E-state index contributed by atoms with van der Waals surface area (Å²) in [6, 6.07) is 31.5. The summed E-state index contributed by atoms with van der Waals surface area (Å²) in [5, 5.41) is 2.42. The van der Waals surface area contributed by atoms with Gasteiger partial charge < -0.3 is 14.9 Å². The molecule has 2 radical (unpaired) electrons. The van der Waals surface area contributed by atoms with Gasteiger partial charge in [0, 0.05) is 12.4 Å². The fourth-order valence-corrected chi connectivity index (χ4v) is 4.05. The van der Waals surface area contributed by atoms with Crippen LogP contribution in [0.4, 0.5) is 0 Å². The third-order valence-corrected chi connectivity index (χ3v) is 5.70. The summed E-state index contributed by atoms with van der Waals surface area (Å²) in [6.07, 6.45) is 12.0. The normalized spacial score (nSPS) is 10.5. The van der Waals surface area contributed by atoms with Crippen LogP contribution in [0.1, 0.15) is 13.3 Å². The van der Waals surface area contributed by atoms with Crippen LogP contribution in [-0.2, 0) is 23.3 Å². The molecule has 0 unspecified atom stereocenters. The molecule has 6 heteroatoms. The molecule has 0 saturated heterocycles. The van der Waals surface area contributed by atoms with Gasteiger partial charge in [-0.15, -0.1) is 65.8 Å². The van der Waals surface area contributed by atoms with Crippen molar-refractivity contribution in [3.8, 4) is 33.6 Å². The maximum absolute atomic E-state index is 4.60. The number of pyridine rings is 2. The van der Waals surface area contributed by atoms with Crippen LogP contribution in [0.25, 0.3) is 44.4 Å². The Kier molecular flexibility index (Phi) is 17.5. The summed E-state index contributed by atoms with van der Waals surface area (Å²) in [4.78, 5) is 9.13. The molecule has 1 aliphatic carbocycles. The quantitative estimate of drug-likeness (QED) is 0.144. The van der Waals surface area contributed by atoms with Gasteiger partial charge in [-0.2, -0.15) is 6.08 Å². The van der Waals surface area contributed by atoms with Crippen molar-refractivity contribution in [3.63, 3.8) is 0 Å². The molecule has 0 fully saturated rings. The maximum atomic E-state index is 4.60. The molecule has 0 aliphatic heterocycles. The summed E-state index contributed by atoms with van der Waals surface area (Å²) < 4.78 is 0. The number of nitrogens with zero attached hydrogens (tertiary/aromatic N) is 2. The van der Waals surface area contributed by atoms with Crippen LogP contribution < -0.4 is 0 Å². The molecule has 0 amide bonds. The van der Waals surface area contributed by atoms with Gasteiger partial charge in [0.05, 0.1) is 11.4 Å². The fraction of sp³-hybridized carbons (Fsp3) is 0.0606. The molecule has 0 bridgehead atoms. The van der Waals surface area contributed by atoms with Gasteiger partial charge in [0.15, 0.2) is 0 Å². The molecule has 1 aliphatic rings. The summed E-state index contributed by atoms with van der Waals surface area (Å²) >= 11 is 1.36. The van der Waals surface area contributed by atoms with E-state index in [1.807, 2.05) is 48.8 Å². The number of halogens is 2. The van der Waals surface area contributed by atoms with E-state index in [1.165, 1.54) is 50.8 Å². The van der Waals surface area contributed by atoms with E-state index in [0.29, 0.717) is 0 Å². The molecule has 0 saturated carbocycles. The molecule has 200 valence electrons. The molecule has 0 spiro atoms. The van der Waals surface area contributed by atoms with Crippen molar-refractivity contribution >= 4 is 42.5 Å². The number of benzene rings is 2. The minimum absolute atomic E-state index is 0. The second-order valence-corrected chi connectivity index (χ2v) is 8.03. The van der Waals surface area contributed by atoms with Crippen molar-refractivity contribution in [2.45, 2.75) is 13.3 Å². The summed E-state index contributed by atoms with van der Waals surface area (Å²) in [5.41, 5.74) is 7.91. The first-order chi connectivity index (χ1) is 17.3. The Balaban J connectivity index is 0.00000106. The largest absolute Gasteiger partial charge is 0.257 e. The van der Waals surface area contributed by atoms with Crippen LogP contribution in [0, 0.1) is 20.9 Å². The molecule has 5 aromatic rings. The Morgan fingerprint density at radius 1 is 0.769 bits per heavy atom. The molecule has 2 heterocycles. The zero-order valence-corrected chi connectivity index (χ0v) is 27.5. The Morgan fingerprint density at radius 3 is 1.90 bits per heavy atom. The Labute approximate surface area is 263 Å². The average Bonchev–Trinajstić information content (AvgIpc) is 3.60. The summed E-state index contributed by atoms with van der Waals surface area (Å²) in [7, 11) is 0.